The van der Waals surface area contributed by atoms with Crippen molar-refractivity contribution < 1.29 is 89.2 Å². The average Bonchev–Trinajstić information content (AvgIpc) is 1.25. The van der Waals surface area contributed by atoms with Gasteiger partial charge in [0.2, 0.25) is 0 Å². The molecule has 0 fully saturated rings. The van der Waals surface area contributed by atoms with Gasteiger partial charge in [0.25, 0.3) is 0 Å². The molecule has 48 valence electrons. The number of carbonyl (C=O) groups is 1. The van der Waals surface area contributed by atoms with Crippen LogP contribution in [0.1, 0.15) is 0 Å². The standard InChI is InChI=1S/CH2O3.BHO3.2Na/c2*2-1(3)4;;/h(H2,2,3,4);2H;;/q;-2;2*+1. The van der Waals surface area contributed by atoms with Gasteiger partial charge in [-0.25, -0.2) is 4.79 Å². The van der Waals surface area contributed by atoms with Gasteiger partial charge < -0.3 is 25.3 Å². The Morgan fingerprint density at radius 2 is 1.20 bits per heavy atom. The minimum absolute atomic E-state index is 0. The SMILES string of the molecule is O=C(O)O.[Na+].[Na+].[O-]B([O-])O. The van der Waals surface area contributed by atoms with Crippen LogP contribution in [0.15, 0.2) is 0 Å². The predicted molar refractivity (Wildman–Crippen MR) is 18.6 cm³/mol. The van der Waals surface area contributed by atoms with E-state index in [0.717, 1.165) is 0 Å². The van der Waals surface area contributed by atoms with Crippen LogP contribution >= 0.6 is 0 Å². The smallest absolute Gasteiger partial charge is 0.871 e. The molecule has 0 aromatic heterocycles. The van der Waals surface area contributed by atoms with Crippen molar-refractivity contribution in [1.29, 1.82) is 0 Å². The molecular weight excluding hydrogens is 165 g/mol. The maximum absolute atomic E-state index is 8.56. The van der Waals surface area contributed by atoms with Gasteiger partial charge in [-0.1, -0.05) is 0 Å². The molecule has 0 radical (unpaired) electrons. The summed E-state index contributed by atoms with van der Waals surface area (Å²) in [7, 11) is -2.67. The van der Waals surface area contributed by atoms with E-state index < -0.39 is 13.5 Å². The van der Waals surface area contributed by atoms with Gasteiger partial charge in [-0.05, 0) is 0 Å². The van der Waals surface area contributed by atoms with Crippen LogP contribution in [0.25, 0.3) is 0 Å². The zero-order valence-electron chi connectivity index (χ0n) is 5.64. The molecule has 0 amide bonds. The summed E-state index contributed by atoms with van der Waals surface area (Å²) < 4.78 is 0. The topological polar surface area (TPSA) is 124 Å². The first kappa shape index (κ1) is 22.5. The summed E-state index contributed by atoms with van der Waals surface area (Å²) >= 11 is 0. The second kappa shape index (κ2) is 16.7. The van der Waals surface area contributed by atoms with E-state index in [2.05, 4.69) is 0 Å². The van der Waals surface area contributed by atoms with Crippen LogP contribution in [0.2, 0.25) is 0 Å². The molecule has 0 aromatic carbocycles. The molecule has 0 atom stereocenters. The Labute approximate surface area is 102 Å². The molecule has 0 unspecified atom stereocenters. The van der Waals surface area contributed by atoms with Gasteiger partial charge in [0, 0.05) is 0 Å². The van der Waals surface area contributed by atoms with Gasteiger partial charge in [-0.15, -0.1) is 0 Å². The van der Waals surface area contributed by atoms with Crippen molar-refractivity contribution >= 4 is 13.5 Å². The summed E-state index contributed by atoms with van der Waals surface area (Å²) in [5.74, 6) is 0. The molecule has 0 saturated heterocycles. The first-order valence-electron chi connectivity index (χ1n) is 1.38. The van der Waals surface area contributed by atoms with Crippen molar-refractivity contribution in [3.05, 3.63) is 0 Å². The van der Waals surface area contributed by atoms with Crippen LogP contribution in [0.5, 0.6) is 0 Å². The Bertz CT molecular complexity index is 60.0. The van der Waals surface area contributed by atoms with Crippen molar-refractivity contribution in [2.75, 3.05) is 0 Å². The van der Waals surface area contributed by atoms with Crippen molar-refractivity contribution in [3.63, 3.8) is 0 Å². The molecule has 0 rings (SSSR count). The molecule has 0 saturated carbocycles. The van der Waals surface area contributed by atoms with Crippen LogP contribution in [0.4, 0.5) is 4.79 Å². The van der Waals surface area contributed by atoms with E-state index in [1.165, 1.54) is 0 Å². The second-order valence-electron chi connectivity index (χ2n) is 0.590. The zero-order valence-corrected chi connectivity index (χ0v) is 9.64. The number of hydrogen-bond acceptors (Lipinski definition) is 4. The molecule has 0 spiro atoms. The van der Waals surface area contributed by atoms with E-state index in [9.17, 15) is 0 Å². The van der Waals surface area contributed by atoms with Gasteiger partial charge >= 0.3 is 65.3 Å². The Morgan fingerprint density at radius 1 is 1.20 bits per heavy atom. The van der Waals surface area contributed by atoms with Crippen molar-refractivity contribution in [1.82, 2.24) is 0 Å². The van der Waals surface area contributed by atoms with E-state index in [1.54, 1.807) is 0 Å². The molecule has 0 heterocycles. The van der Waals surface area contributed by atoms with Gasteiger partial charge in [0.05, 0.1) is 7.32 Å². The first-order valence-corrected chi connectivity index (χ1v) is 1.38. The minimum Gasteiger partial charge on any atom is -0.871 e. The van der Waals surface area contributed by atoms with E-state index in [0.29, 0.717) is 0 Å². The fraction of sp³-hybridized carbons (Fsp3) is 0. The first-order chi connectivity index (χ1) is 3.46. The van der Waals surface area contributed by atoms with E-state index in [4.69, 9.17) is 30.1 Å². The summed E-state index contributed by atoms with van der Waals surface area (Å²) in [6.45, 7) is 0. The molecule has 6 nitrogen and oxygen atoms in total. The minimum atomic E-state index is -2.67. The van der Waals surface area contributed by atoms with Crippen LogP contribution < -0.4 is 69.2 Å². The van der Waals surface area contributed by atoms with Gasteiger partial charge in [0.1, 0.15) is 0 Å². The molecule has 0 aliphatic carbocycles. The molecule has 0 aliphatic rings. The number of hydrogen-bond donors (Lipinski definition) is 3. The Morgan fingerprint density at radius 3 is 1.20 bits per heavy atom. The van der Waals surface area contributed by atoms with Gasteiger partial charge in [-0.2, -0.15) is 0 Å². The van der Waals surface area contributed by atoms with E-state index in [1.807, 2.05) is 0 Å². The summed E-state index contributed by atoms with van der Waals surface area (Å²) in [6, 6.07) is 0. The van der Waals surface area contributed by atoms with Gasteiger partial charge in [-0.3, -0.25) is 0 Å². The summed E-state index contributed by atoms with van der Waals surface area (Å²) in [6.07, 6.45) is -1.83. The third-order valence-corrected chi connectivity index (χ3v) is 0. The summed E-state index contributed by atoms with van der Waals surface area (Å²) in [4.78, 5) is 8.56. The molecule has 9 heteroatoms. The summed E-state index contributed by atoms with van der Waals surface area (Å²) in [5, 5.41) is 37.9. The Hall–Kier alpha value is 1.21. The van der Waals surface area contributed by atoms with Crippen molar-refractivity contribution in [3.8, 4) is 0 Å². The maximum atomic E-state index is 8.56. The fourth-order valence-electron chi connectivity index (χ4n) is 0. The van der Waals surface area contributed by atoms with Gasteiger partial charge in [0.15, 0.2) is 0 Å². The van der Waals surface area contributed by atoms with E-state index in [-0.39, 0.29) is 59.1 Å². The fourth-order valence-corrected chi connectivity index (χ4v) is 0. The van der Waals surface area contributed by atoms with Crippen LogP contribution in [0, 0.1) is 0 Å². The molecule has 10 heavy (non-hydrogen) atoms. The average molecular weight is 168 g/mol. The number of carboxylic acid groups (broad SMARTS) is 2. The molecule has 3 N–H and O–H groups in total. The maximum Gasteiger partial charge on any atom is 1.00 e. The third kappa shape index (κ3) is 421. The zero-order chi connectivity index (χ0) is 7.15. The molecule has 0 aliphatic heterocycles. The molecular formula is CH3BNa2O6. The molecule has 0 aromatic rings. The summed E-state index contributed by atoms with van der Waals surface area (Å²) in [5.41, 5.74) is 0. The van der Waals surface area contributed by atoms with Crippen molar-refractivity contribution in [2.45, 2.75) is 0 Å². The van der Waals surface area contributed by atoms with Crippen LogP contribution in [-0.4, -0.2) is 28.7 Å². The Kier molecular flexibility index (Phi) is 37.5. The second-order valence-corrected chi connectivity index (χ2v) is 0.590. The monoisotopic (exact) mass is 168 g/mol. The Balaban J connectivity index is -0.0000000300. The third-order valence-electron chi connectivity index (χ3n) is 0. The largest absolute Gasteiger partial charge is 1.00 e. The van der Waals surface area contributed by atoms with Crippen LogP contribution in [-0.2, 0) is 0 Å². The van der Waals surface area contributed by atoms with E-state index >= 15 is 0 Å². The predicted octanol–water partition coefficient (Wildman–Crippen LogP) is -9.09. The normalized spacial score (nSPS) is 5.10. The molecule has 0 bridgehead atoms. The number of rotatable bonds is 0. The van der Waals surface area contributed by atoms with Crippen LogP contribution in [0.3, 0.4) is 0 Å². The quantitative estimate of drug-likeness (QED) is 0.308. The van der Waals surface area contributed by atoms with Crippen molar-refractivity contribution in [2.24, 2.45) is 0 Å².